The van der Waals surface area contributed by atoms with E-state index < -0.39 is 34.1 Å². The van der Waals surface area contributed by atoms with Gasteiger partial charge in [-0.25, -0.2) is 8.42 Å². The van der Waals surface area contributed by atoms with Crippen LogP contribution in [0.2, 0.25) is 0 Å². The Hall–Kier alpha value is -4.25. The van der Waals surface area contributed by atoms with Crippen molar-refractivity contribution in [2.24, 2.45) is 0 Å². The third-order valence-electron chi connectivity index (χ3n) is 7.02. The summed E-state index contributed by atoms with van der Waals surface area (Å²) in [6.07, 6.45) is 0.324. The van der Waals surface area contributed by atoms with Gasteiger partial charge in [0.05, 0.1) is 31.4 Å². The van der Waals surface area contributed by atoms with Crippen LogP contribution in [0.15, 0.2) is 71.6 Å². The summed E-state index contributed by atoms with van der Waals surface area (Å²) in [5.74, 6) is 0.287. The molecule has 0 bridgehead atoms. The molecule has 0 aliphatic heterocycles. The van der Waals surface area contributed by atoms with Crippen LogP contribution in [-0.2, 0) is 26.2 Å². The predicted molar refractivity (Wildman–Crippen MR) is 175 cm³/mol. The van der Waals surface area contributed by atoms with Crippen LogP contribution < -0.4 is 23.8 Å². The Labute approximate surface area is 267 Å². The van der Waals surface area contributed by atoms with E-state index >= 15 is 0 Å². The number of benzene rings is 3. The Kier molecular flexibility index (Phi) is 11.9. The van der Waals surface area contributed by atoms with Crippen molar-refractivity contribution in [3.05, 3.63) is 77.9 Å². The smallest absolute Gasteiger partial charge is 0.264 e. The average molecular weight is 640 g/mol. The fourth-order valence-corrected chi connectivity index (χ4v) is 6.20. The van der Waals surface area contributed by atoms with E-state index in [4.69, 9.17) is 14.2 Å². The lowest BCUT2D eigenvalue weighted by atomic mass is 10.1. The molecule has 0 spiro atoms. The molecule has 3 aromatic rings. The summed E-state index contributed by atoms with van der Waals surface area (Å²) < 4.78 is 45.8. The Morgan fingerprint density at radius 2 is 1.51 bits per heavy atom. The molecule has 0 radical (unpaired) electrons. The molecule has 11 heteroatoms. The normalized spacial score (nSPS) is 12.2. The lowest BCUT2D eigenvalue weighted by Crippen LogP contribution is -2.55. The van der Waals surface area contributed by atoms with Gasteiger partial charge in [0.15, 0.2) is 11.5 Å². The lowest BCUT2D eigenvalue weighted by molar-refractivity contribution is -0.141. The van der Waals surface area contributed by atoms with Gasteiger partial charge in [-0.1, -0.05) is 36.8 Å². The summed E-state index contributed by atoms with van der Waals surface area (Å²) in [4.78, 5) is 29.2. The summed E-state index contributed by atoms with van der Waals surface area (Å²) in [7, 11) is -1.44. The molecule has 0 fully saturated rings. The molecular weight excluding hydrogens is 594 g/mol. The summed E-state index contributed by atoms with van der Waals surface area (Å²) in [6, 6.07) is 17.5. The minimum atomic E-state index is -4.32. The predicted octanol–water partition coefficient (Wildman–Crippen LogP) is 5.33. The molecule has 3 aromatic carbocycles. The number of sulfonamides is 1. The minimum absolute atomic E-state index is 0.0931. The highest BCUT2D eigenvalue weighted by atomic mass is 32.2. The number of amides is 2. The second-order valence-electron chi connectivity index (χ2n) is 11.6. The molecule has 0 saturated carbocycles. The van der Waals surface area contributed by atoms with Crippen molar-refractivity contribution in [1.29, 1.82) is 0 Å². The van der Waals surface area contributed by atoms with Gasteiger partial charge in [0.2, 0.25) is 11.8 Å². The van der Waals surface area contributed by atoms with Crippen molar-refractivity contribution < 1.29 is 32.2 Å². The van der Waals surface area contributed by atoms with E-state index in [1.165, 1.54) is 37.3 Å². The number of nitrogens with one attached hydrogen (secondary N) is 1. The fourth-order valence-electron chi connectivity index (χ4n) is 4.77. The van der Waals surface area contributed by atoms with Crippen LogP contribution in [-0.4, -0.2) is 64.1 Å². The first-order valence-electron chi connectivity index (χ1n) is 14.9. The maximum atomic E-state index is 14.3. The molecule has 0 aromatic heterocycles. The number of hydrogen-bond donors (Lipinski definition) is 1. The van der Waals surface area contributed by atoms with Crippen LogP contribution >= 0.6 is 0 Å². The molecule has 0 saturated heterocycles. The lowest BCUT2D eigenvalue weighted by Gasteiger charge is -2.34. The van der Waals surface area contributed by atoms with Crippen LogP contribution in [0.3, 0.4) is 0 Å². The number of carbonyl (C=O) groups excluding carboxylic acids is 2. The number of aryl methyl sites for hydroxylation is 1. The monoisotopic (exact) mass is 639 g/mol. The third-order valence-corrected chi connectivity index (χ3v) is 8.79. The number of nitrogens with zero attached hydrogens (tertiary/aromatic N) is 2. The molecule has 0 aliphatic carbocycles. The maximum absolute atomic E-state index is 14.3. The molecule has 0 aliphatic rings. The molecule has 0 heterocycles. The van der Waals surface area contributed by atoms with Crippen molar-refractivity contribution >= 4 is 27.5 Å². The number of hydrogen-bond acceptors (Lipinski definition) is 7. The molecule has 0 unspecified atom stereocenters. The van der Waals surface area contributed by atoms with Gasteiger partial charge in [-0.05, 0) is 83.0 Å². The van der Waals surface area contributed by atoms with E-state index in [-0.39, 0.29) is 28.8 Å². The third kappa shape index (κ3) is 9.13. The van der Waals surface area contributed by atoms with Crippen LogP contribution in [0.25, 0.3) is 0 Å². The van der Waals surface area contributed by atoms with E-state index in [1.807, 2.05) is 65.8 Å². The molecule has 45 heavy (non-hydrogen) atoms. The Morgan fingerprint density at radius 1 is 0.889 bits per heavy atom. The Balaban J connectivity index is 2.12. The van der Waals surface area contributed by atoms with Gasteiger partial charge >= 0.3 is 0 Å². The fraction of sp³-hybridized carbons (Fsp3) is 0.412. The standard InChI is InChI=1S/C34H45N3O7S/c1-9-29(33(39)35-34(4,5)6)36(22-25-13-11-24(3)12-14-25)32(38)23-37(26-15-17-27(18-16-26)44-10-2)45(40,41)28-19-20-30(42-7)31(21-28)43-8/h11-21,29H,9-10,22-23H2,1-8H3,(H,35,39)/t29-/m1/s1. The number of methoxy groups -OCH3 is 2. The first-order valence-corrected chi connectivity index (χ1v) is 16.3. The van der Waals surface area contributed by atoms with E-state index in [0.29, 0.717) is 24.5 Å². The number of anilines is 1. The zero-order valence-corrected chi connectivity index (χ0v) is 28.2. The number of carbonyl (C=O) groups is 2. The van der Waals surface area contributed by atoms with Crippen molar-refractivity contribution in [3.63, 3.8) is 0 Å². The summed E-state index contributed by atoms with van der Waals surface area (Å²) in [6.45, 7) is 11.2. The Morgan fingerprint density at radius 3 is 2.04 bits per heavy atom. The van der Waals surface area contributed by atoms with Crippen LogP contribution in [0.5, 0.6) is 17.2 Å². The SMILES string of the molecule is CCOc1ccc(N(CC(=O)N(Cc2ccc(C)cc2)[C@H](CC)C(=O)NC(C)(C)C)S(=O)(=O)c2ccc(OC)c(OC)c2)cc1. The minimum Gasteiger partial charge on any atom is -0.494 e. The quantitative estimate of drug-likeness (QED) is 0.254. The second kappa shape index (κ2) is 15.2. The molecule has 3 rings (SSSR count). The van der Waals surface area contributed by atoms with Gasteiger partial charge in [0.25, 0.3) is 10.0 Å². The first kappa shape index (κ1) is 35.2. The van der Waals surface area contributed by atoms with Crippen LogP contribution in [0.4, 0.5) is 5.69 Å². The van der Waals surface area contributed by atoms with E-state index in [9.17, 15) is 18.0 Å². The summed E-state index contributed by atoms with van der Waals surface area (Å²) in [5.41, 5.74) is 1.58. The Bertz CT molecular complexity index is 1550. The van der Waals surface area contributed by atoms with Gasteiger partial charge in [-0.3, -0.25) is 13.9 Å². The van der Waals surface area contributed by atoms with Crippen LogP contribution in [0, 0.1) is 6.92 Å². The maximum Gasteiger partial charge on any atom is 0.264 e. The van der Waals surface area contributed by atoms with Crippen molar-refractivity contribution in [2.75, 3.05) is 31.7 Å². The number of ether oxygens (including phenoxy) is 3. The van der Waals surface area contributed by atoms with E-state index in [2.05, 4.69) is 5.32 Å². The van der Waals surface area contributed by atoms with E-state index in [1.54, 1.807) is 24.3 Å². The molecule has 1 N–H and O–H groups in total. The number of rotatable bonds is 14. The summed E-state index contributed by atoms with van der Waals surface area (Å²) in [5, 5.41) is 2.98. The highest BCUT2D eigenvalue weighted by molar-refractivity contribution is 7.92. The molecule has 2 amide bonds. The van der Waals surface area contributed by atoms with Gasteiger partial charge in [0, 0.05) is 18.2 Å². The van der Waals surface area contributed by atoms with Crippen molar-refractivity contribution in [2.45, 2.75) is 71.0 Å². The van der Waals surface area contributed by atoms with Crippen LogP contribution in [0.1, 0.15) is 52.2 Å². The first-order chi connectivity index (χ1) is 21.2. The summed E-state index contributed by atoms with van der Waals surface area (Å²) >= 11 is 0. The highest BCUT2D eigenvalue weighted by Crippen LogP contribution is 2.33. The second-order valence-corrected chi connectivity index (χ2v) is 13.5. The average Bonchev–Trinajstić information content (AvgIpc) is 2.99. The van der Waals surface area contributed by atoms with Gasteiger partial charge in [0.1, 0.15) is 18.3 Å². The van der Waals surface area contributed by atoms with E-state index in [0.717, 1.165) is 15.4 Å². The topological polar surface area (TPSA) is 114 Å². The zero-order chi connectivity index (χ0) is 33.4. The molecule has 10 nitrogen and oxygen atoms in total. The van der Waals surface area contributed by atoms with Gasteiger partial charge in [-0.2, -0.15) is 0 Å². The molecule has 244 valence electrons. The molecule has 1 atom stereocenters. The largest absolute Gasteiger partial charge is 0.494 e. The van der Waals surface area contributed by atoms with Gasteiger partial charge < -0.3 is 24.4 Å². The van der Waals surface area contributed by atoms with Crippen molar-refractivity contribution in [3.8, 4) is 17.2 Å². The van der Waals surface area contributed by atoms with Gasteiger partial charge in [-0.15, -0.1) is 0 Å². The highest BCUT2D eigenvalue weighted by Gasteiger charge is 2.35. The van der Waals surface area contributed by atoms with Crippen molar-refractivity contribution in [1.82, 2.24) is 10.2 Å². The molecular formula is C34H45N3O7S. The zero-order valence-electron chi connectivity index (χ0n) is 27.4.